The van der Waals surface area contributed by atoms with Gasteiger partial charge in [0, 0.05) is 37.1 Å². The van der Waals surface area contributed by atoms with Crippen LogP contribution in [0.25, 0.3) is 10.9 Å². The Morgan fingerprint density at radius 3 is 2.48 bits per heavy atom. The highest BCUT2D eigenvalue weighted by Gasteiger charge is 2.21. The Morgan fingerprint density at radius 2 is 1.72 bits per heavy atom. The molecule has 0 atom stereocenters. The quantitative estimate of drug-likeness (QED) is 0.687. The van der Waals surface area contributed by atoms with Crippen LogP contribution in [-0.4, -0.2) is 58.6 Å². The summed E-state index contributed by atoms with van der Waals surface area (Å²) in [4.78, 5) is 17.1. The summed E-state index contributed by atoms with van der Waals surface area (Å²) in [5, 5.41) is 19.7. The molecule has 1 fully saturated rings. The average Bonchev–Trinajstić information content (AvgIpc) is 2.99. The second-order valence-corrected chi connectivity index (χ2v) is 7.50. The van der Waals surface area contributed by atoms with E-state index in [9.17, 15) is 9.90 Å². The molecule has 1 N–H and O–H groups in total. The summed E-state index contributed by atoms with van der Waals surface area (Å²) in [6, 6.07) is 14.9. The fraction of sp³-hybridized carbons (Fsp3) is 0.318. The van der Waals surface area contributed by atoms with Gasteiger partial charge in [0.25, 0.3) is 5.91 Å². The number of aromatic hydroxyl groups is 1. The first-order chi connectivity index (χ1) is 14.0. The van der Waals surface area contributed by atoms with Crippen molar-refractivity contribution in [1.29, 1.82) is 0 Å². The largest absolute Gasteiger partial charge is 0.493 e. The molecular formula is C22H25N5O2. The van der Waals surface area contributed by atoms with Crippen LogP contribution in [0, 0.1) is 6.92 Å². The molecular weight excluding hydrogens is 366 g/mol. The van der Waals surface area contributed by atoms with E-state index in [-0.39, 0.29) is 5.88 Å². The molecule has 3 aromatic rings. The van der Waals surface area contributed by atoms with Crippen molar-refractivity contribution in [2.45, 2.75) is 13.6 Å². The van der Waals surface area contributed by atoms with Crippen LogP contribution < -0.4 is 0 Å². The van der Waals surface area contributed by atoms with E-state index in [0.29, 0.717) is 17.9 Å². The molecule has 150 valence electrons. The van der Waals surface area contributed by atoms with Crippen LogP contribution >= 0.6 is 0 Å². The zero-order valence-electron chi connectivity index (χ0n) is 16.7. The Hall–Kier alpha value is -3.03. The fourth-order valence-corrected chi connectivity index (χ4v) is 3.66. The summed E-state index contributed by atoms with van der Waals surface area (Å²) in [5.74, 6) is -0.384. The van der Waals surface area contributed by atoms with Gasteiger partial charge in [0.1, 0.15) is 0 Å². The number of hydrogen-bond acceptors (Lipinski definition) is 5. The SMILES string of the molecule is Cc1ccccc1C(=O)N=Nc1c(O)n(CN2CCN(C)CC2)c2ccccc12. The predicted molar refractivity (Wildman–Crippen MR) is 113 cm³/mol. The molecule has 0 aliphatic carbocycles. The van der Waals surface area contributed by atoms with E-state index in [1.165, 1.54) is 0 Å². The van der Waals surface area contributed by atoms with Crippen LogP contribution in [0.5, 0.6) is 5.88 Å². The molecule has 2 heterocycles. The van der Waals surface area contributed by atoms with Gasteiger partial charge in [-0.3, -0.25) is 14.3 Å². The van der Waals surface area contributed by atoms with Gasteiger partial charge in [0.15, 0.2) is 5.69 Å². The third-order valence-corrected chi connectivity index (χ3v) is 5.47. The van der Waals surface area contributed by atoms with E-state index < -0.39 is 5.91 Å². The Labute approximate surface area is 169 Å². The minimum absolute atomic E-state index is 0.0338. The van der Waals surface area contributed by atoms with E-state index in [4.69, 9.17) is 0 Å². The molecule has 7 heteroatoms. The third-order valence-electron chi connectivity index (χ3n) is 5.47. The van der Waals surface area contributed by atoms with Gasteiger partial charge in [-0.15, -0.1) is 10.2 Å². The fourth-order valence-electron chi connectivity index (χ4n) is 3.66. The number of carbonyl (C=O) groups is 1. The lowest BCUT2D eigenvalue weighted by molar-refractivity contribution is 0.0994. The molecule has 7 nitrogen and oxygen atoms in total. The number of carbonyl (C=O) groups excluding carboxylic acids is 1. The van der Waals surface area contributed by atoms with Crippen molar-refractivity contribution in [1.82, 2.24) is 14.4 Å². The van der Waals surface area contributed by atoms with Crippen molar-refractivity contribution in [3.8, 4) is 5.88 Å². The first-order valence-corrected chi connectivity index (χ1v) is 9.77. The monoisotopic (exact) mass is 391 g/mol. The molecule has 1 aromatic heterocycles. The summed E-state index contributed by atoms with van der Waals surface area (Å²) >= 11 is 0. The minimum atomic E-state index is -0.418. The standard InChI is InChI=1S/C22H25N5O2/c1-16-7-3-4-8-17(16)21(28)24-23-20-18-9-5-6-10-19(18)27(22(20)29)15-26-13-11-25(2)12-14-26/h3-10,29H,11-15H2,1-2H3. The van der Waals surface area contributed by atoms with E-state index >= 15 is 0 Å². The number of amides is 1. The summed E-state index contributed by atoms with van der Waals surface area (Å²) in [7, 11) is 2.11. The molecule has 29 heavy (non-hydrogen) atoms. The number of aromatic nitrogens is 1. The number of hydrogen-bond donors (Lipinski definition) is 1. The highest BCUT2D eigenvalue weighted by atomic mass is 16.3. The first-order valence-electron chi connectivity index (χ1n) is 9.77. The molecule has 1 amide bonds. The van der Waals surface area contributed by atoms with Crippen LogP contribution in [0.15, 0.2) is 58.8 Å². The number of azo groups is 1. The summed E-state index contributed by atoms with van der Waals surface area (Å²) in [5.41, 5.74) is 2.56. The van der Waals surface area contributed by atoms with Crippen molar-refractivity contribution in [3.63, 3.8) is 0 Å². The van der Waals surface area contributed by atoms with E-state index in [1.807, 2.05) is 47.9 Å². The highest BCUT2D eigenvalue weighted by Crippen LogP contribution is 2.39. The molecule has 0 saturated carbocycles. The Kier molecular flexibility index (Phi) is 5.42. The zero-order valence-corrected chi connectivity index (χ0v) is 16.7. The van der Waals surface area contributed by atoms with Crippen molar-refractivity contribution >= 4 is 22.5 Å². The van der Waals surface area contributed by atoms with Gasteiger partial charge in [-0.2, -0.15) is 0 Å². The van der Waals surface area contributed by atoms with Gasteiger partial charge >= 0.3 is 0 Å². The first kappa shape index (κ1) is 19.3. The molecule has 0 radical (unpaired) electrons. The molecule has 0 bridgehead atoms. The summed E-state index contributed by atoms with van der Waals surface area (Å²) in [6.45, 7) is 6.30. The second kappa shape index (κ2) is 8.14. The summed E-state index contributed by atoms with van der Waals surface area (Å²) < 4.78 is 1.84. The van der Waals surface area contributed by atoms with Crippen LogP contribution in [0.3, 0.4) is 0 Å². The maximum absolute atomic E-state index is 12.5. The smallest absolute Gasteiger partial charge is 0.295 e. The number of rotatable bonds is 4. The molecule has 1 aliphatic rings. The van der Waals surface area contributed by atoms with Gasteiger partial charge in [0.05, 0.1) is 12.2 Å². The molecule has 4 rings (SSSR count). The number of benzene rings is 2. The second-order valence-electron chi connectivity index (χ2n) is 7.50. The normalized spacial score (nSPS) is 16.1. The van der Waals surface area contributed by atoms with Gasteiger partial charge in [-0.1, -0.05) is 36.4 Å². The highest BCUT2D eigenvalue weighted by molar-refractivity contribution is 5.98. The van der Waals surface area contributed by atoms with Gasteiger partial charge in [0.2, 0.25) is 5.88 Å². The molecule has 0 unspecified atom stereocenters. The van der Waals surface area contributed by atoms with Crippen LogP contribution in [0.2, 0.25) is 0 Å². The minimum Gasteiger partial charge on any atom is -0.493 e. The molecule has 0 spiro atoms. The summed E-state index contributed by atoms with van der Waals surface area (Å²) in [6.07, 6.45) is 0. The number of nitrogens with zero attached hydrogens (tertiary/aromatic N) is 5. The lowest BCUT2D eigenvalue weighted by Crippen LogP contribution is -2.44. The van der Waals surface area contributed by atoms with Crippen LogP contribution in [-0.2, 0) is 6.67 Å². The molecule has 2 aromatic carbocycles. The van der Waals surface area contributed by atoms with Gasteiger partial charge in [-0.25, -0.2) is 0 Å². The van der Waals surface area contributed by atoms with E-state index in [0.717, 1.165) is 42.6 Å². The number of fused-ring (bicyclic) bond motifs is 1. The number of piperazine rings is 1. The Morgan fingerprint density at radius 1 is 1.03 bits per heavy atom. The maximum Gasteiger partial charge on any atom is 0.295 e. The number of likely N-dealkylation sites (N-methyl/N-ethyl adjacent to an activating group) is 1. The van der Waals surface area contributed by atoms with Crippen LogP contribution in [0.1, 0.15) is 15.9 Å². The van der Waals surface area contributed by atoms with Crippen molar-refractivity contribution in [3.05, 3.63) is 59.7 Å². The van der Waals surface area contributed by atoms with Gasteiger partial charge < -0.3 is 10.0 Å². The topological polar surface area (TPSA) is 73.4 Å². The average molecular weight is 391 g/mol. The van der Waals surface area contributed by atoms with Crippen molar-refractivity contribution < 1.29 is 9.90 Å². The zero-order chi connectivity index (χ0) is 20.4. The predicted octanol–water partition coefficient (Wildman–Crippen LogP) is 3.78. The lowest BCUT2D eigenvalue weighted by Gasteiger charge is -2.32. The van der Waals surface area contributed by atoms with Crippen LogP contribution in [0.4, 0.5) is 5.69 Å². The molecule has 1 aliphatic heterocycles. The third kappa shape index (κ3) is 3.92. The Balaban J connectivity index is 1.65. The number of aryl methyl sites for hydroxylation is 1. The lowest BCUT2D eigenvalue weighted by atomic mass is 10.1. The van der Waals surface area contributed by atoms with Crippen molar-refractivity contribution in [2.24, 2.45) is 10.2 Å². The molecule has 1 saturated heterocycles. The van der Waals surface area contributed by atoms with E-state index in [1.54, 1.807) is 12.1 Å². The Bertz CT molecular complexity index is 1060. The van der Waals surface area contributed by atoms with Gasteiger partial charge in [-0.05, 0) is 31.7 Å². The number of para-hydroxylation sites is 1. The van der Waals surface area contributed by atoms with E-state index in [2.05, 4.69) is 27.1 Å². The van der Waals surface area contributed by atoms with Crippen molar-refractivity contribution in [2.75, 3.05) is 33.2 Å². The maximum atomic E-state index is 12.5.